The predicted molar refractivity (Wildman–Crippen MR) is 84.1 cm³/mol. The van der Waals surface area contributed by atoms with E-state index in [-0.39, 0.29) is 6.61 Å². The van der Waals surface area contributed by atoms with Crippen LogP contribution in [0.2, 0.25) is 0 Å². The van der Waals surface area contributed by atoms with Crippen molar-refractivity contribution >= 4 is 5.69 Å². The Kier molecular flexibility index (Phi) is 5.72. The number of anilines is 1. The summed E-state index contributed by atoms with van der Waals surface area (Å²) >= 11 is 0. The van der Waals surface area contributed by atoms with Crippen LogP contribution < -0.4 is 4.90 Å². The van der Waals surface area contributed by atoms with E-state index in [2.05, 4.69) is 22.0 Å². The molecule has 2 aromatic rings. The molecule has 1 aromatic carbocycles. The molecule has 0 fully saturated rings. The van der Waals surface area contributed by atoms with Gasteiger partial charge >= 0.3 is 0 Å². The Hall–Kier alpha value is -1.91. The zero-order valence-electron chi connectivity index (χ0n) is 12.3. The number of aromatic nitrogens is 1. The molecule has 0 aliphatic carbocycles. The summed E-state index contributed by atoms with van der Waals surface area (Å²) in [6, 6.07) is 13.9. The second-order valence-electron chi connectivity index (χ2n) is 5.00. The van der Waals surface area contributed by atoms with Crippen molar-refractivity contribution in [3.05, 3.63) is 59.9 Å². The Bertz CT molecular complexity index is 528. The first-order valence-electron chi connectivity index (χ1n) is 7.28. The Morgan fingerprint density at radius 2 is 1.90 bits per heavy atom. The first-order chi connectivity index (χ1) is 10.2. The lowest BCUT2D eigenvalue weighted by atomic mass is 10.1. The van der Waals surface area contributed by atoms with E-state index in [4.69, 9.17) is 0 Å². The lowest BCUT2D eigenvalue weighted by Gasteiger charge is -2.24. The highest BCUT2D eigenvalue weighted by atomic mass is 16.3. The molecular formula is C17H22N2O2. The average Bonchev–Trinajstić information content (AvgIpc) is 2.55. The molecule has 0 radical (unpaired) electrons. The summed E-state index contributed by atoms with van der Waals surface area (Å²) < 4.78 is 0. The van der Waals surface area contributed by atoms with Crippen LogP contribution in [0.5, 0.6) is 0 Å². The van der Waals surface area contributed by atoms with Crippen LogP contribution >= 0.6 is 0 Å². The van der Waals surface area contributed by atoms with E-state index in [0.717, 1.165) is 12.2 Å². The molecule has 4 heteroatoms. The molecule has 0 unspecified atom stereocenters. The van der Waals surface area contributed by atoms with E-state index < -0.39 is 6.10 Å². The third kappa shape index (κ3) is 4.28. The minimum Gasteiger partial charge on any atom is -0.395 e. The third-order valence-corrected chi connectivity index (χ3v) is 3.45. The fourth-order valence-electron chi connectivity index (χ4n) is 2.21. The zero-order valence-corrected chi connectivity index (χ0v) is 12.3. The molecule has 1 aromatic heterocycles. The van der Waals surface area contributed by atoms with Crippen LogP contribution in [0.15, 0.2) is 48.7 Å². The number of hydrogen-bond acceptors (Lipinski definition) is 4. The van der Waals surface area contributed by atoms with E-state index in [1.54, 1.807) is 6.20 Å². The van der Waals surface area contributed by atoms with Crippen molar-refractivity contribution in [2.45, 2.75) is 26.0 Å². The normalized spacial score (nSPS) is 12.1. The summed E-state index contributed by atoms with van der Waals surface area (Å²) in [5.41, 5.74) is 2.81. The highest BCUT2D eigenvalue weighted by molar-refractivity contribution is 5.45. The van der Waals surface area contributed by atoms with Crippen LogP contribution in [0, 0.1) is 0 Å². The van der Waals surface area contributed by atoms with E-state index in [9.17, 15) is 10.2 Å². The second-order valence-corrected chi connectivity index (χ2v) is 5.00. The molecule has 0 aliphatic rings. The van der Waals surface area contributed by atoms with E-state index in [0.29, 0.717) is 18.7 Å². The van der Waals surface area contributed by atoms with E-state index >= 15 is 0 Å². The van der Waals surface area contributed by atoms with Crippen LogP contribution in [0.4, 0.5) is 5.69 Å². The quantitative estimate of drug-likeness (QED) is 0.821. The zero-order chi connectivity index (χ0) is 15.1. The molecule has 1 atom stereocenters. The van der Waals surface area contributed by atoms with Crippen molar-refractivity contribution in [3.8, 4) is 0 Å². The molecule has 112 valence electrons. The molecule has 0 saturated heterocycles. The van der Waals surface area contributed by atoms with Gasteiger partial charge in [0.25, 0.3) is 0 Å². The van der Waals surface area contributed by atoms with Gasteiger partial charge in [-0.15, -0.1) is 0 Å². The highest BCUT2D eigenvalue weighted by Crippen LogP contribution is 2.20. The Morgan fingerprint density at radius 3 is 2.48 bits per heavy atom. The number of rotatable bonds is 7. The van der Waals surface area contributed by atoms with Gasteiger partial charge in [0.1, 0.15) is 0 Å². The first kappa shape index (κ1) is 15.5. The van der Waals surface area contributed by atoms with Gasteiger partial charge in [0.15, 0.2) is 0 Å². The predicted octanol–water partition coefficient (Wildman–Crippen LogP) is 2.52. The SMILES string of the molecule is CC[C@H](O)c1ccc(N(CCO)Cc2ccccc2)cn1. The van der Waals surface area contributed by atoms with E-state index in [1.807, 2.05) is 37.3 Å². The molecule has 2 rings (SSSR count). The van der Waals surface area contributed by atoms with Gasteiger partial charge < -0.3 is 15.1 Å². The van der Waals surface area contributed by atoms with Crippen molar-refractivity contribution in [1.29, 1.82) is 0 Å². The molecule has 21 heavy (non-hydrogen) atoms. The lowest BCUT2D eigenvalue weighted by Crippen LogP contribution is -2.26. The summed E-state index contributed by atoms with van der Waals surface area (Å²) in [4.78, 5) is 6.39. The fourth-order valence-corrected chi connectivity index (χ4v) is 2.21. The number of hydrogen-bond donors (Lipinski definition) is 2. The Labute approximate surface area is 125 Å². The van der Waals surface area contributed by atoms with Crippen LogP contribution in [-0.4, -0.2) is 28.3 Å². The summed E-state index contributed by atoms with van der Waals surface area (Å²) in [5, 5.41) is 19.0. The van der Waals surface area contributed by atoms with Crippen molar-refractivity contribution in [1.82, 2.24) is 4.98 Å². The maximum Gasteiger partial charge on any atom is 0.0957 e. The van der Waals surface area contributed by atoms with Gasteiger partial charge in [0.05, 0.1) is 30.3 Å². The summed E-state index contributed by atoms with van der Waals surface area (Å²) in [6.07, 6.45) is 1.89. The molecule has 0 amide bonds. The molecule has 0 saturated carbocycles. The van der Waals surface area contributed by atoms with Crippen LogP contribution in [0.25, 0.3) is 0 Å². The van der Waals surface area contributed by atoms with Crippen LogP contribution in [-0.2, 0) is 6.54 Å². The van der Waals surface area contributed by atoms with Crippen molar-refractivity contribution in [3.63, 3.8) is 0 Å². The maximum atomic E-state index is 9.78. The molecule has 4 nitrogen and oxygen atoms in total. The number of aliphatic hydroxyl groups is 2. The molecule has 2 N–H and O–H groups in total. The van der Waals surface area contributed by atoms with Gasteiger partial charge in [0, 0.05) is 13.1 Å². The third-order valence-electron chi connectivity index (χ3n) is 3.45. The molecule has 1 heterocycles. The topological polar surface area (TPSA) is 56.6 Å². The van der Waals surface area contributed by atoms with Gasteiger partial charge in [-0.2, -0.15) is 0 Å². The van der Waals surface area contributed by atoms with Crippen LogP contribution in [0.1, 0.15) is 30.7 Å². The van der Waals surface area contributed by atoms with Gasteiger partial charge in [0.2, 0.25) is 0 Å². The number of benzene rings is 1. The number of pyridine rings is 1. The average molecular weight is 286 g/mol. The van der Waals surface area contributed by atoms with Crippen molar-refractivity contribution in [2.75, 3.05) is 18.1 Å². The summed E-state index contributed by atoms with van der Waals surface area (Å²) in [7, 11) is 0. The fraction of sp³-hybridized carbons (Fsp3) is 0.353. The van der Waals surface area contributed by atoms with Crippen molar-refractivity contribution < 1.29 is 10.2 Å². The van der Waals surface area contributed by atoms with Gasteiger partial charge in [-0.05, 0) is 24.1 Å². The molecule has 0 spiro atoms. The number of nitrogens with zero attached hydrogens (tertiary/aromatic N) is 2. The Balaban J connectivity index is 2.14. The Morgan fingerprint density at radius 1 is 1.14 bits per heavy atom. The largest absolute Gasteiger partial charge is 0.395 e. The van der Waals surface area contributed by atoms with Crippen LogP contribution in [0.3, 0.4) is 0 Å². The van der Waals surface area contributed by atoms with Crippen molar-refractivity contribution in [2.24, 2.45) is 0 Å². The number of aliphatic hydroxyl groups excluding tert-OH is 2. The van der Waals surface area contributed by atoms with E-state index in [1.165, 1.54) is 5.56 Å². The maximum absolute atomic E-state index is 9.78. The second kappa shape index (κ2) is 7.76. The smallest absolute Gasteiger partial charge is 0.0957 e. The lowest BCUT2D eigenvalue weighted by molar-refractivity contribution is 0.169. The highest BCUT2D eigenvalue weighted by Gasteiger charge is 2.10. The molecular weight excluding hydrogens is 264 g/mol. The molecule has 0 aliphatic heterocycles. The van der Waals surface area contributed by atoms with Gasteiger partial charge in [-0.3, -0.25) is 4.98 Å². The summed E-state index contributed by atoms with van der Waals surface area (Å²) in [6.45, 7) is 3.28. The monoisotopic (exact) mass is 286 g/mol. The standard InChI is InChI=1S/C17H22N2O2/c1-2-17(21)16-9-8-15(12-18-16)19(10-11-20)13-14-6-4-3-5-7-14/h3-9,12,17,20-21H,2,10-11,13H2,1H3/t17-/m0/s1. The summed E-state index contributed by atoms with van der Waals surface area (Å²) in [5.74, 6) is 0. The van der Waals surface area contributed by atoms with Gasteiger partial charge in [-0.1, -0.05) is 37.3 Å². The minimum absolute atomic E-state index is 0.0895. The van der Waals surface area contributed by atoms with Gasteiger partial charge in [-0.25, -0.2) is 0 Å². The molecule has 0 bridgehead atoms. The minimum atomic E-state index is -0.514. The first-order valence-corrected chi connectivity index (χ1v) is 7.28.